The van der Waals surface area contributed by atoms with Crippen molar-refractivity contribution in [1.82, 2.24) is 9.55 Å². The van der Waals surface area contributed by atoms with E-state index in [0.29, 0.717) is 5.65 Å². The first-order chi connectivity index (χ1) is 5.68. The van der Waals surface area contributed by atoms with E-state index >= 15 is 0 Å². The number of rotatable bonds is 0. The predicted molar refractivity (Wildman–Crippen MR) is 45.7 cm³/mol. The van der Waals surface area contributed by atoms with E-state index in [2.05, 4.69) is 4.98 Å². The topological polar surface area (TPSA) is 17.8 Å². The minimum Gasteiger partial charge on any atom is -0.336 e. The molecule has 0 radical (unpaired) electrons. The third kappa shape index (κ3) is 0.975. The first-order valence-electron chi connectivity index (χ1n) is 3.45. The lowest BCUT2D eigenvalue weighted by Gasteiger charge is -1.96. The monoisotopic (exact) mass is 184 g/mol. The van der Waals surface area contributed by atoms with Gasteiger partial charge in [-0.15, -0.1) is 0 Å². The number of pyridine rings is 1. The van der Waals surface area contributed by atoms with Crippen LogP contribution in [0.4, 0.5) is 4.39 Å². The summed E-state index contributed by atoms with van der Waals surface area (Å²) in [6, 6.07) is 3.17. The lowest BCUT2D eigenvalue weighted by Crippen LogP contribution is -1.89. The second kappa shape index (κ2) is 2.45. The van der Waals surface area contributed by atoms with Crippen LogP contribution in [0.1, 0.15) is 0 Å². The SMILES string of the molecule is Cn1ccc2cc(F)c(Cl)nc21. The molecule has 0 unspecified atom stereocenters. The summed E-state index contributed by atoms with van der Waals surface area (Å²) in [6.45, 7) is 0. The summed E-state index contributed by atoms with van der Waals surface area (Å²) in [5.74, 6) is -0.477. The molecule has 0 saturated carbocycles. The van der Waals surface area contributed by atoms with E-state index in [0.717, 1.165) is 5.39 Å². The number of aryl methyl sites for hydroxylation is 1. The molecular weight excluding hydrogens is 179 g/mol. The van der Waals surface area contributed by atoms with Crippen LogP contribution >= 0.6 is 11.6 Å². The van der Waals surface area contributed by atoms with E-state index < -0.39 is 5.82 Å². The normalized spacial score (nSPS) is 10.9. The van der Waals surface area contributed by atoms with E-state index in [-0.39, 0.29) is 5.15 Å². The molecule has 0 aliphatic rings. The Morgan fingerprint density at radius 2 is 2.33 bits per heavy atom. The second-order valence-electron chi connectivity index (χ2n) is 2.60. The Bertz CT molecular complexity index is 436. The average molecular weight is 185 g/mol. The van der Waals surface area contributed by atoms with E-state index in [4.69, 9.17) is 11.6 Å². The molecule has 2 nitrogen and oxygen atoms in total. The van der Waals surface area contributed by atoms with Gasteiger partial charge in [-0.2, -0.15) is 0 Å². The van der Waals surface area contributed by atoms with E-state index in [1.807, 2.05) is 13.2 Å². The third-order valence-corrected chi connectivity index (χ3v) is 2.02. The van der Waals surface area contributed by atoms with Crippen molar-refractivity contribution < 1.29 is 4.39 Å². The highest BCUT2D eigenvalue weighted by atomic mass is 35.5. The smallest absolute Gasteiger partial charge is 0.167 e. The Balaban J connectivity index is 2.87. The molecule has 0 aliphatic heterocycles. The van der Waals surface area contributed by atoms with Crippen LogP contribution in [0.2, 0.25) is 5.15 Å². The van der Waals surface area contributed by atoms with Crippen LogP contribution in [0, 0.1) is 5.82 Å². The number of aromatic nitrogens is 2. The quantitative estimate of drug-likeness (QED) is 0.575. The highest BCUT2D eigenvalue weighted by Crippen LogP contribution is 2.18. The lowest BCUT2D eigenvalue weighted by molar-refractivity contribution is 0.624. The zero-order valence-corrected chi connectivity index (χ0v) is 7.14. The Morgan fingerprint density at radius 3 is 3.08 bits per heavy atom. The van der Waals surface area contributed by atoms with E-state index in [9.17, 15) is 4.39 Å². The van der Waals surface area contributed by atoms with Gasteiger partial charge >= 0.3 is 0 Å². The van der Waals surface area contributed by atoms with Crippen molar-refractivity contribution in [2.24, 2.45) is 7.05 Å². The maximum atomic E-state index is 12.9. The fraction of sp³-hybridized carbons (Fsp3) is 0.125. The van der Waals surface area contributed by atoms with Crippen LogP contribution in [0.5, 0.6) is 0 Å². The van der Waals surface area contributed by atoms with Gasteiger partial charge in [0.15, 0.2) is 11.0 Å². The van der Waals surface area contributed by atoms with Gasteiger partial charge in [-0.1, -0.05) is 11.6 Å². The number of hydrogen-bond donors (Lipinski definition) is 0. The first-order valence-corrected chi connectivity index (χ1v) is 3.83. The molecule has 2 heterocycles. The fourth-order valence-corrected chi connectivity index (χ4v) is 1.27. The first kappa shape index (κ1) is 7.55. The van der Waals surface area contributed by atoms with Crippen LogP contribution in [0.15, 0.2) is 18.3 Å². The third-order valence-electron chi connectivity index (χ3n) is 1.75. The molecule has 0 bridgehead atoms. The summed E-state index contributed by atoms with van der Waals surface area (Å²) in [4.78, 5) is 3.89. The fourth-order valence-electron chi connectivity index (χ4n) is 1.14. The summed E-state index contributed by atoms with van der Waals surface area (Å²) in [6.07, 6.45) is 1.81. The largest absolute Gasteiger partial charge is 0.336 e. The van der Waals surface area contributed by atoms with Gasteiger partial charge in [-0.3, -0.25) is 0 Å². The molecule has 0 spiro atoms. The lowest BCUT2D eigenvalue weighted by atomic mass is 10.3. The molecule has 2 aromatic heterocycles. The molecule has 0 saturated heterocycles. The molecule has 4 heteroatoms. The minimum atomic E-state index is -0.477. The van der Waals surface area contributed by atoms with Gasteiger partial charge in [0.2, 0.25) is 0 Å². The molecule has 0 atom stereocenters. The Kier molecular flexibility index (Phi) is 1.54. The predicted octanol–water partition coefficient (Wildman–Crippen LogP) is 2.37. The van der Waals surface area contributed by atoms with Crippen molar-refractivity contribution >= 4 is 22.6 Å². The van der Waals surface area contributed by atoms with Crippen LogP contribution < -0.4 is 0 Å². The Hall–Kier alpha value is -1.09. The van der Waals surface area contributed by atoms with Crippen molar-refractivity contribution in [3.63, 3.8) is 0 Å². The maximum Gasteiger partial charge on any atom is 0.167 e. The van der Waals surface area contributed by atoms with Crippen molar-refractivity contribution in [3.8, 4) is 0 Å². The highest BCUT2D eigenvalue weighted by molar-refractivity contribution is 6.29. The molecule has 0 aromatic carbocycles. The number of fused-ring (bicyclic) bond motifs is 1. The molecular formula is C8H6ClFN2. The molecule has 62 valence electrons. The van der Waals surface area contributed by atoms with E-state index in [1.54, 1.807) is 10.6 Å². The Labute approximate surface area is 73.6 Å². The summed E-state index contributed by atoms with van der Waals surface area (Å²) >= 11 is 5.52. The highest BCUT2D eigenvalue weighted by Gasteiger charge is 2.05. The van der Waals surface area contributed by atoms with Crippen LogP contribution in [-0.4, -0.2) is 9.55 Å². The number of halogens is 2. The maximum absolute atomic E-state index is 12.9. The van der Waals surface area contributed by atoms with E-state index in [1.165, 1.54) is 6.07 Å². The van der Waals surface area contributed by atoms with Crippen molar-refractivity contribution in [2.75, 3.05) is 0 Å². The molecule has 0 aliphatic carbocycles. The molecule has 0 amide bonds. The van der Waals surface area contributed by atoms with Gasteiger partial charge in [0.05, 0.1) is 0 Å². The van der Waals surface area contributed by atoms with Gasteiger partial charge < -0.3 is 4.57 Å². The van der Waals surface area contributed by atoms with Crippen LogP contribution in [0.3, 0.4) is 0 Å². The molecule has 0 fully saturated rings. The van der Waals surface area contributed by atoms with Crippen molar-refractivity contribution in [1.29, 1.82) is 0 Å². The Morgan fingerprint density at radius 1 is 1.58 bits per heavy atom. The summed E-state index contributed by atoms with van der Waals surface area (Å²) in [5, 5.41) is 0.684. The van der Waals surface area contributed by atoms with Gasteiger partial charge in [0.25, 0.3) is 0 Å². The average Bonchev–Trinajstić information content (AvgIpc) is 2.35. The minimum absolute atomic E-state index is 0.0794. The van der Waals surface area contributed by atoms with Gasteiger partial charge in [-0.05, 0) is 12.1 Å². The molecule has 2 aromatic rings. The summed E-state index contributed by atoms with van der Waals surface area (Å²) < 4.78 is 14.6. The second-order valence-corrected chi connectivity index (χ2v) is 2.96. The molecule has 0 N–H and O–H groups in total. The zero-order chi connectivity index (χ0) is 8.72. The number of nitrogens with zero attached hydrogens (tertiary/aromatic N) is 2. The zero-order valence-electron chi connectivity index (χ0n) is 6.38. The number of hydrogen-bond acceptors (Lipinski definition) is 1. The van der Waals surface area contributed by atoms with Crippen LogP contribution in [0.25, 0.3) is 11.0 Å². The van der Waals surface area contributed by atoms with Crippen LogP contribution in [-0.2, 0) is 7.05 Å². The summed E-state index contributed by atoms with van der Waals surface area (Å²) in [7, 11) is 1.84. The molecule has 2 rings (SSSR count). The standard InChI is InChI=1S/C8H6ClFN2/c1-12-3-2-5-4-6(10)7(9)11-8(5)12/h2-4H,1H3. The van der Waals surface area contributed by atoms with Crippen molar-refractivity contribution in [3.05, 3.63) is 29.3 Å². The van der Waals surface area contributed by atoms with Gasteiger partial charge in [0.1, 0.15) is 5.65 Å². The van der Waals surface area contributed by atoms with Gasteiger partial charge in [0, 0.05) is 18.6 Å². The van der Waals surface area contributed by atoms with Crippen molar-refractivity contribution in [2.45, 2.75) is 0 Å². The molecule has 12 heavy (non-hydrogen) atoms. The van der Waals surface area contributed by atoms with Gasteiger partial charge in [-0.25, -0.2) is 9.37 Å². The summed E-state index contributed by atoms with van der Waals surface area (Å²) in [5.41, 5.74) is 0.696.